The van der Waals surface area contributed by atoms with Crippen LogP contribution in [0.4, 0.5) is 15.8 Å². The summed E-state index contributed by atoms with van der Waals surface area (Å²) in [5, 5.41) is 32.1. The zero-order valence-corrected chi connectivity index (χ0v) is 18.2. The summed E-state index contributed by atoms with van der Waals surface area (Å²) in [4.78, 5) is 22.2. The Labute approximate surface area is 188 Å². The molecule has 0 saturated carbocycles. The molecule has 31 heavy (non-hydrogen) atoms. The van der Waals surface area contributed by atoms with Crippen LogP contribution in [0.5, 0.6) is 5.75 Å². The zero-order chi connectivity index (χ0) is 22.5. The van der Waals surface area contributed by atoms with Gasteiger partial charge >= 0.3 is 5.69 Å². The van der Waals surface area contributed by atoms with Crippen LogP contribution in [0.1, 0.15) is 0 Å². The molecule has 160 valence electrons. The van der Waals surface area contributed by atoms with E-state index in [1.54, 1.807) is 22.8 Å². The van der Waals surface area contributed by atoms with Crippen molar-refractivity contribution in [2.75, 3.05) is 11.1 Å². The van der Waals surface area contributed by atoms with Crippen molar-refractivity contribution in [1.82, 2.24) is 14.8 Å². The largest absolute Gasteiger partial charge is 0.507 e. The van der Waals surface area contributed by atoms with Gasteiger partial charge in [-0.25, -0.2) is 0 Å². The van der Waals surface area contributed by atoms with Gasteiger partial charge in [-0.05, 0) is 30.3 Å². The number of phenols is 1. The highest BCUT2D eigenvalue weighted by Gasteiger charge is 2.19. The summed E-state index contributed by atoms with van der Waals surface area (Å²) in [6.45, 7) is 4.05. The predicted octanol–water partition coefficient (Wildman–Crippen LogP) is 4.38. The Bertz CT molecular complexity index is 1170. The summed E-state index contributed by atoms with van der Waals surface area (Å²) in [5.74, 6) is -1.11. The van der Waals surface area contributed by atoms with E-state index in [1.165, 1.54) is 12.1 Å². The maximum atomic E-state index is 13.4. The Balaban J connectivity index is 1.76. The molecule has 0 aliphatic carbocycles. The first-order valence-electron chi connectivity index (χ1n) is 8.69. The van der Waals surface area contributed by atoms with Gasteiger partial charge in [0, 0.05) is 22.8 Å². The molecule has 3 aromatic rings. The summed E-state index contributed by atoms with van der Waals surface area (Å²) in [6, 6.07) is 8.01. The van der Waals surface area contributed by atoms with E-state index in [0.29, 0.717) is 23.1 Å². The second kappa shape index (κ2) is 9.71. The summed E-state index contributed by atoms with van der Waals surface area (Å²) in [5.41, 5.74) is -0.167. The van der Waals surface area contributed by atoms with Crippen molar-refractivity contribution in [2.24, 2.45) is 0 Å². The molecule has 1 amide bonds. The number of nitrogens with one attached hydrogen (secondary N) is 1. The number of nitro groups is 1. The first-order chi connectivity index (χ1) is 14.8. The highest BCUT2D eigenvalue weighted by molar-refractivity contribution is 9.10. The van der Waals surface area contributed by atoms with Crippen LogP contribution in [0.15, 0.2) is 58.7 Å². The van der Waals surface area contributed by atoms with Gasteiger partial charge in [-0.2, -0.15) is 4.39 Å². The molecule has 0 atom stereocenters. The molecule has 1 aromatic heterocycles. The van der Waals surface area contributed by atoms with Gasteiger partial charge in [0.05, 0.1) is 16.2 Å². The minimum absolute atomic E-state index is 0.0214. The van der Waals surface area contributed by atoms with E-state index in [1.807, 2.05) is 0 Å². The van der Waals surface area contributed by atoms with Crippen molar-refractivity contribution in [3.05, 3.63) is 69.5 Å². The fourth-order valence-corrected chi connectivity index (χ4v) is 3.74. The molecule has 9 nitrogen and oxygen atoms in total. The first kappa shape index (κ1) is 22.4. The highest BCUT2D eigenvalue weighted by Crippen LogP contribution is 2.33. The molecule has 0 unspecified atom stereocenters. The Kier molecular flexibility index (Phi) is 7.02. The van der Waals surface area contributed by atoms with Gasteiger partial charge in [-0.1, -0.05) is 33.8 Å². The van der Waals surface area contributed by atoms with Crippen molar-refractivity contribution < 1.29 is 19.2 Å². The lowest BCUT2D eigenvalue weighted by Gasteiger charge is -2.09. The fraction of sp³-hybridized carbons (Fsp3) is 0.105. The molecule has 0 bridgehead atoms. The summed E-state index contributed by atoms with van der Waals surface area (Å²) in [7, 11) is 0. The normalized spacial score (nSPS) is 10.6. The predicted molar refractivity (Wildman–Crippen MR) is 117 cm³/mol. The van der Waals surface area contributed by atoms with E-state index in [0.717, 1.165) is 28.4 Å². The molecule has 12 heteroatoms. The number of nitrogens with zero attached hydrogens (tertiary/aromatic N) is 4. The Morgan fingerprint density at radius 3 is 2.84 bits per heavy atom. The highest BCUT2D eigenvalue weighted by atomic mass is 79.9. The molecule has 0 fully saturated rings. The number of amides is 1. The lowest BCUT2D eigenvalue weighted by atomic mass is 10.2. The van der Waals surface area contributed by atoms with E-state index in [-0.39, 0.29) is 17.2 Å². The van der Waals surface area contributed by atoms with Crippen molar-refractivity contribution >= 4 is 45.0 Å². The molecule has 0 spiro atoms. The first-order valence-corrected chi connectivity index (χ1v) is 10.5. The number of thioether (sulfide) groups is 1. The number of carbonyl (C=O) groups excluding carboxylic acids is 1. The zero-order valence-electron chi connectivity index (χ0n) is 15.8. The number of halogens is 2. The number of hydrogen-bond donors (Lipinski definition) is 2. The van der Waals surface area contributed by atoms with E-state index >= 15 is 0 Å². The number of anilines is 1. The molecule has 0 radical (unpaired) electrons. The third-order valence-electron chi connectivity index (χ3n) is 3.99. The molecule has 3 rings (SSSR count). The van der Waals surface area contributed by atoms with Crippen molar-refractivity contribution in [3.8, 4) is 17.1 Å². The van der Waals surface area contributed by atoms with Crippen LogP contribution < -0.4 is 5.32 Å². The van der Waals surface area contributed by atoms with Crippen molar-refractivity contribution in [3.63, 3.8) is 0 Å². The molecular weight excluding hydrogens is 493 g/mol. The fourth-order valence-electron chi connectivity index (χ4n) is 2.63. The van der Waals surface area contributed by atoms with Gasteiger partial charge in [0.2, 0.25) is 11.7 Å². The average molecular weight is 508 g/mol. The third-order valence-corrected chi connectivity index (χ3v) is 5.45. The van der Waals surface area contributed by atoms with Gasteiger partial charge in [0.15, 0.2) is 11.0 Å². The minimum Gasteiger partial charge on any atom is -0.507 e. The third kappa shape index (κ3) is 5.27. The van der Waals surface area contributed by atoms with Crippen LogP contribution in [0.25, 0.3) is 11.4 Å². The number of benzene rings is 2. The Morgan fingerprint density at radius 2 is 2.13 bits per heavy atom. The number of rotatable bonds is 8. The molecular formula is C19H15BrFN5O4S. The number of phenolic OH excluding ortho intramolecular Hbond substituents is 1. The number of aromatic hydroxyl groups is 1. The summed E-state index contributed by atoms with van der Waals surface area (Å²) < 4.78 is 15.9. The van der Waals surface area contributed by atoms with Crippen LogP contribution in [-0.4, -0.2) is 36.5 Å². The second-order valence-corrected chi connectivity index (χ2v) is 7.99. The topological polar surface area (TPSA) is 123 Å². The molecule has 2 N–H and O–H groups in total. The van der Waals surface area contributed by atoms with Crippen LogP contribution >= 0.6 is 27.7 Å². The summed E-state index contributed by atoms with van der Waals surface area (Å²) >= 11 is 4.43. The number of hydrogen-bond acceptors (Lipinski definition) is 7. The SMILES string of the molecule is C=CCn1c(SCC(=O)Nc2ccc(F)c([N+](=O)[O-])c2)nnc1-c1cc(Br)ccc1O. The number of carbonyl (C=O) groups is 1. The van der Waals surface area contributed by atoms with Gasteiger partial charge in [-0.3, -0.25) is 19.5 Å². The van der Waals surface area contributed by atoms with E-state index in [9.17, 15) is 24.4 Å². The Morgan fingerprint density at radius 1 is 1.35 bits per heavy atom. The Hall–Kier alpha value is -3.25. The van der Waals surface area contributed by atoms with Crippen LogP contribution in [-0.2, 0) is 11.3 Å². The van der Waals surface area contributed by atoms with Crippen LogP contribution in [0.2, 0.25) is 0 Å². The molecule has 0 saturated heterocycles. The van der Waals surface area contributed by atoms with E-state index in [2.05, 4.69) is 38.0 Å². The maximum absolute atomic E-state index is 13.4. The van der Waals surface area contributed by atoms with Crippen LogP contribution in [0.3, 0.4) is 0 Å². The van der Waals surface area contributed by atoms with Gasteiger partial charge in [-0.15, -0.1) is 16.8 Å². The van der Waals surface area contributed by atoms with Gasteiger partial charge in [0.1, 0.15) is 5.75 Å². The summed E-state index contributed by atoms with van der Waals surface area (Å²) in [6.07, 6.45) is 1.63. The van der Waals surface area contributed by atoms with E-state index < -0.39 is 22.3 Å². The number of allylic oxidation sites excluding steroid dienone is 1. The minimum atomic E-state index is -0.988. The monoisotopic (exact) mass is 507 g/mol. The van der Waals surface area contributed by atoms with Crippen LogP contribution in [0, 0.1) is 15.9 Å². The van der Waals surface area contributed by atoms with Crippen molar-refractivity contribution in [2.45, 2.75) is 11.7 Å². The number of nitro benzene ring substituents is 1. The lowest BCUT2D eigenvalue weighted by molar-refractivity contribution is -0.387. The smallest absolute Gasteiger partial charge is 0.306 e. The van der Waals surface area contributed by atoms with E-state index in [4.69, 9.17) is 0 Å². The van der Waals surface area contributed by atoms with Gasteiger partial charge in [0.25, 0.3) is 0 Å². The molecule has 0 aliphatic heterocycles. The lowest BCUT2D eigenvalue weighted by Crippen LogP contribution is -2.15. The van der Waals surface area contributed by atoms with Crippen molar-refractivity contribution in [1.29, 1.82) is 0 Å². The molecule has 0 aliphatic rings. The average Bonchev–Trinajstić information content (AvgIpc) is 3.12. The molecule has 1 heterocycles. The maximum Gasteiger partial charge on any atom is 0.306 e. The quantitative estimate of drug-likeness (QED) is 0.200. The standard InChI is InChI=1S/C19H15BrFN5O4S/c1-2-7-25-18(13-8-11(20)3-6-16(13)27)23-24-19(25)31-10-17(28)22-12-4-5-14(21)15(9-12)26(29)30/h2-6,8-9,27H,1,7,10H2,(H,22,28). The van der Waals surface area contributed by atoms with Gasteiger partial charge < -0.3 is 10.4 Å². The molecule has 2 aromatic carbocycles. The second-order valence-electron chi connectivity index (χ2n) is 6.13. The number of aromatic nitrogens is 3.